The van der Waals surface area contributed by atoms with Crippen molar-refractivity contribution in [3.8, 4) is 0 Å². The molecule has 0 spiro atoms. The molecule has 2 N–H and O–H groups in total. The number of aliphatic hydroxyl groups excluding tert-OH is 1. The van der Waals surface area contributed by atoms with E-state index < -0.39 is 24.2 Å². The van der Waals surface area contributed by atoms with Gasteiger partial charge in [0.05, 0.1) is 30.1 Å². The molecule has 1 aliphatic carbocycles. The second kappa shape index (κ2) is 11.5. The van der Waals surface area contributed by atoms with Gasteiger partial charge >= 0.3 is 12.1 Å². The first-order valence-electron chi connectivity index (χ1n) is 11.0. The summed E-state index contributed by atoms with van der Waals surface area (Å²) in [7, 11) is 0. The van der Waals surface area contributed by atoms with Crippen molar-refractivity contribution in [2.45, 2.75) is 93.6 Å². The molecule has 2 rings (SSSR count). The van der Waals surface area contributed by atoms with Crippen LogP contribution in [0, 0.1) is 23.7 Å². The van der Waals surface area contributed by atoms with Crippen LogP contribution in [0.2, 0.25) is 0 Å². The molecule has 0 aromatic heterocycles. The van der Waals surface area contributed by atoms with Crippen LogP contribution in [-0.2, 0) is 9.53 Å². The molecule has 8 heteroatoms. The van der Waals surface area contributed by atoms with Crippen LogP contribution in [0.4, 0.5) is 13.2 Å². The van der Waals surface area contributed by atoms with E-state index in [0.717, 1.165) is 25.7 Å². The maximum Gasteiger partial charge on any atom is 0.394 e. The molecule has 0 aromatic rings. The van der Waals surface area contributed by atoms with E-state index in [1.165, 1.54) is 6.08 Å². The second-order valence-corrected chi connectivity index (χ2v) is 10.5. The van der Waals surface area contributed by atoms with Crippen molar-refractivity contribution in [2.75, 3.05) is 0 Å². The summed E-state index contributed by atoms with van der Waals surface area (Å²) in [4.78, 5) is 11.0. The molecule has 0 aromatic carbocycles. The maximum atomic E-state index is 13.3. The Morgan fingerprint density at radius 1 is 1.27 bits per heavy atom. The third-order valence-electron chi connectivity index (χ3n) is 6.62. The summed E-state index contributed by atoms with van der Waals surface area (Å²) in [5.74, 6) is -2.51. The number of fused-ring (bicyclic) bond motifs is 1. The SMILES string of the molecule is CCCC[C@H]([C@H](O)C=C[C@H]1CC[C@@H]2O[C@@H]([C@H](I)CCC(C)C(=O)O)C[C@@H]21)C(F)(F)F. The minimum Gasteiger partial charge on any atom is -0.481 e. The lowest BCUT2D eigenvalue weighted by atomic mass is 9.88. The number of ether oxygens (including phenoxy) is 1. The van der Waals surface area contributed by atoms with E-state index in [4.69, 9.17) is 9.84 Å². The summed E-state index contributed by atoms with van der Waals surface area (Å²) in [5, 5.41) is 19.2. The van der Waals surface area contributed by atoms with E-state index in [2.05, 4.69) is 22.6 Å². The lowest BCUT2D eigenvalue weighted by Crippen LogP contribution is -2.33. The predicted octanol–water partition coefficient (Wildman–Crippen LogP) is 5.76. The minimum atomic E-state index is -4.40. The molecule has 0 bridgehead atoms. The van der Waals surface area contributed by atoms with Crippen molar-refractivity contribution < 1.29 is 32.9 Å². The van der Waals surface area contributed by atoms with Crippen LogP contribution in [-0.4, -0.2) is 44.6 Å². The van der Waals surface area contributed by atoms with E-state index in [1.54, 1.807) is 13.0 Å². The molecule has 0 radical (unpaired) electrons. The second-order valence-electron chi connectivity index (χ2n) is 8.85. The molecule has 2 aliphatic rings. The topological polar surface area (TPSA) is 66.8 Å². The number of carboxylic acids is 1. The number of rotatable bonds is 11. The maximum absolute atomic E-state index is 13.3. The number of carbonyl (C=O) groups is 1. The third-order valence-corrected chi connectivity index (χ3v) is 8.05. The van der Waals surface area contributed by atoms with Crippen molar-refractivity contribution in [2.24, 2.45) is 23.7 Å². The number of unbranched alkanes of at least 4 members (excludes halogenated alkanes) is 1. The summed E-state index contributed by atoms with van der Waals surface area (Å²) in [6, 6.07) is 0. The van der Waals surface area contributed by atoms with Gasteiger partial charge in [0.25, 0.3) is 0 Å². The Labute approximate surface area is 190 Å². The van der Waals surface area contributed by atoms with E-state index >= 15 is 0 Å². The Bertz CT molecular complexity index is 583. The molecule has 30 heavy (non-hydrogen) atoms. The Balaban J connectivity index is 1.91. The van der Waals surface area contributed by atoms with E-state index in [9.17, 15) is 23.1 Å². The van der Waals surface area contributed by atoms with Crippen LogP contribution in [0.1, 0.15) is 65.2 Å². The molecule has 1 heterocycles. The van der Waals surface area contributed by atoms with Gasteiger partial charge in [-0.2, -0.15) is 13.2 Å². The summed E-state index contributed by atoms with van der Waals surface area (Å²) in [6.07, 6.45) is 2.36. The van der Waals surface area contributed by atoms with Crippen molar-refractivity contribution in [3.63, 3.8) is 0 Å². The van der Waals surface area contributed by atoms with Crippen molar-refractivity contribution in [1.82, 2.24) is 0 Å². The van der Waals surface area contributed by atoms with Crippen molar-refractivity contribution >= 4 is 28.6 Å². The Morgan fingerprint density at radius 2 is 1.97 bits per heavy atom. The monoisotopic (exact) mass is 546 g/mol. The molecule has 174 valence electrons. The lowest BCUT2D eigenvalue weighted by molar-refractivity contribution is -0.195. The van der Waals surface area contributed by atoms with Gasteiger partial charge in [0.1, 0.15) is 0 Å². The largest absolute Gasteiger partial charge is 0.481 e. The number of hydrogen-bond donors (Lipinski definition) is 2. The molecule has 2 fully saturated rings. The van der Waals surface area contributed by atoms with E-state index in [0.29, 0.717) is 19.3 Å². The molecule has 0 amide bonds. The van der Waals surface area contributed by atoms with Crippen molar-refractivity contribution in [3.05, 3.63) is 12.2 Å². The van der Waals surface area contributed by atoms with Gasteiger partial charge in [0.2, 0.25) is 0 Å². The van der Waals surface area contributed by atoms with Gasteiger partial charge in [-0.25, -0.2) is 0 Å². The van der Waals surface area contributed by atoms with Gasteiger partial charge in [-0.05, 0) is 50.4 Å². The standard InChI is InChI=1S/C22H34F3IO4/c1-3-4-5-16(22(23,24)25)18(27)10-7-14-8-11-19-15(14)12-20(30-19)17(26)9-6-13(2)21(28)29/h7,10,13-20,27H,3-6,8-9,11-12H2,1-2H3,(H,28,29)/t13?,14-,15+,16+,17+,18+,19-,20+/m0/s1. The smallest absolute Gasteiger partial charge is 0.394 e. The first-order valence-corrected chi connectivity index (χ1v) is 12.2. The zero-order valence-electron chi connectivity index (χ0n) is 17.7. The number of aliphatic carboxylic acids is 1. The molecular weight excluding hydrogens is 512 g/mol. The molecular formula is C22H34F3IO4. The van der Waals surface area contributed by atoms with Gasteiger partial charge in [0, 0.05) is 3.92 Å². The normalized spacial score (nSPS) is 30.9. The first-order chi connectivity index (χ1) is 14.0. The van der Waals surface area contributed by atoms with Crippen molar-refractivity contribution in [1.29, 1.82) is 0 Å². The van der Waals surface area contributed by atoms with Gasteiger partial charge in [-0.3, -0.25) is 4.79 Å². The Hall–Kier alpha value is -0.350. The van der Waals surface area contributed by atoms with Gasteiger partial charge < -0.3 is 14.9 Å². The quantitative estimate of drug-likeness (QED) is 0.197. The highest BCUT2D eigenvalue weighted by Crippen LogP contribution is 2.46. The number of allylic oxidation sites excluding steroid dienone is 1. The Kier molecular flexibility index (Phi) is 9.93. The average Bonchev–Trinajstić information content (AvgIpc) is 3.24. The summed E-state index contributed by atoms with van der Waals surface area (Å²) in [5.41, 5.74) is 0. The third kappa shape index (κ3) is 7.08. The van der Waals surface area contributed by atoms with Crippen LogP contribution in [0.15, 0.2) is 12.2 Å². The molecule has 1 aliphatic heterocycles. The number of hydrogen-bond acceptors (Lipinski definition) is 3. The molecule has 1 saturated carbocycles. The molecule has 1 unspecified atom stereocenters. The van der Waals surface area contributed by atoms with Crippen LogP contribution < -0.4 is 0 Å². The number of aliphatic hydroxyl groups is 1. The lowest BCUT2D eigenvalue weighted by Gasteiger charge is -2.24. The minimum absolute atomic E-state index is 0.0511. The Morgan fingerprint density at radius 3 is 2.57 bits per heavy atom. The van der Waals surface area contributed by atoms with Crippen LogP contribution in [0.25, 0.3) is 0 Å². The highest BCUT2D eigenvalue weighted by molar-refractivity contribution is 14.1. The van der Waals surface area contributed by atoms with E-state index in [1.807, 2.05) is 6.92 Å². The van der Waals surface area contributed by atoms with Gasteiger partial charge in [-0.15, -0.1) is 0 Å². The zero-order chi connectivity index (χ0) is 22.5. The average molecular weight is 546 g/mol. The first kappa shape index (κ1) is 25.9. The van der Waals surface area contributed by atoms with Crippen LogP contribution >= 0.6 is 22.6 Å². The highest BCUT2D eigenvalue weighted by Gasteiger charge is 2.46. The fourth-order valence-electron chi connectivity index (χ4n) is 4.64. The van der Waals surface area contributed by atoms with Gasteiger partial charge in [-0.1, -0.05) is 61.4 Å². The molecule has 1 saturated heterocycles. The van der Waals surface area contributed by atoms with Crippen LogP contribution in [0.3, 0.4) is 0 Å². The summed E-state index contributed by atoms with van der Waals surface area (Å²) >= 11 is 2.33. The predicted molar refractivity (Wildman–Crippen MR) is 118 cm³/mol. The zero-order valence-corrected chi connectivity index (χ0v) is 19.8. The number of alkyl halides is 4. The van der Waals surface area contributed by atoms with Gasteiger partial charge in [0.15, 0.2) is 0 Å². The molecule has 8 atom stereocenters. The van der Waals surface area contributed by atoms with E-state index in [-0.39, 0.29) is 40.3 Å². The number of carboxylic acid groups (broad SMARTS) is 1. The fraction of sp³-hybridized carbons (Fsp3) is 0.864. The summed E-state index contributed by atoms with van der Waals surface area (Å²) in [6.45, 7) is 3.55. The van der Waals surface area contributed by atoms with Crippen LogP contribution in [0.5, 0.6) is 0 Å². The summed E-state index contributed by atoms with van der Waals surface area (Å²) < 4.78 is 46.2. The molecule has 4 nitrogen and oxygen atoms in total. The highest BCUT2D eigenvalue weighted by atomic mass is 127. The number of halogens is 4. The fourth-order valence-corrected chi connectivity index (χ4v) is 5.46.